The van der Waals surface area contributed by atoms with E-state index in [1.165, 1.54) is 0 Å². The van der Waals surface area contributed by atoms with E-state index in [-0.39, 0.29) is 5.92 Å². The Hall–Kier alpha value is -0.610. The first-order chi connectivity index (χ1) is 7.41. The molecule has 1 N–H and O–H groups in total. The summed E-state index contributed by atoms with van der Waals surface area (Å²) in [5.74, 6) is -0.564. The Morgan fingerprint density at radius 2 is 2.12 bits per heavy atom. The normalized spacial score (nSPS) is 24.2. The maximum Gasteiger partial charge on any atom is 0.308 e. The lowest BCUT2D eigenvalue weighted by atomic mass is 9.91. The molecule has 94 valence electrons. The molecule has 4 heteroatoms. The van der Waals surface area contributed by atoms with Crippen LogP contribution in [-0.2, 0) is 4.79 Å². The average Bonchev–Trinajstić information content (AvgIpc) is 2.61. The number of hydrogen-bond donors (Lipinski definition) is 1. The molecule has 0 radical (unpaired) electrons. The van der Waals surface area contributed by atoms with E-state index in [1.54, 1.807) is 0 Å². The average molecular weight is 228 g/mol. The van der Waals surface area contributed by atoms with E-state index in [9.17, 15) is 9.90 Å². The molecule has 0 amide bonds. The molecule has 0 aliphatic carbocycles. The Labute approximate surface area is 98.2 Å². The number of aliphatic carboxylic acids is 1. The molecule has 1 heterocycles. The highest BCUT2D eigenvalue weighted by Crippen LogP contribution is 2.26. The Balaban J connectivity index is 2.57. The Kier molecular flexibility index (Phi) is 4.74. The van der Waals surface area contributed by atoms with Crippen LogP contribution in [0.25, 0.3) is 0 Å². The van der Waals surface area contributed by atoms with Crippen LogP contribution in [0.15, 0.2) is 0 Å². The van der Waals surface area contributed by atoms with Gasteiger partial charge in [-0.25, -0.2) is 0 Å². The predicted molar refractivity (Wildman–Crippen MR) is 64.5 cm³/mol. The van der Waals surface area contributed by atoms with Crippen molar-refractivity contribution in [3.8, 4) is 0 Å². The molecule has 1 aliphatic rings. The third kappa shape index (κ3) is 3.46. The summed E-state index contributed by atoms with van der Waals surface area (Å²) in [4.78, 5) is 15.6. The van der Waals surface area contributed by atoms with E-state index in [4.69, 9.17) is 0 Å². The maximum absolute atomic E-state index is 11.3. The van der Waals surface area contributed by atoms with E-state index in [2.05, 4.69) is 18.7 Å². The van der Waals surface area contributed by atoms with Crippen molar-refractivity contribution >= 4 is 5.97 Å². The third-order valence-electron chi connectivity index (χ3n) is 3.43. The quantitative estimate of drug-likeness (QED) is 0.762. The number of nitrogens with zero attached hydrogens (tertiary/aromatic N) is 2. The van der Waals surface area contributed by atoms with Crippen molar-refractivity contribution in [2.75, 3.05) is 33.7 Å². The van der Waals surface area contributed by atoms with Crippen LogP contribution < -0.4 is 0 Å². The second-order valence-electron chi connectivity index (χ2n) is 5.34. The molecule has 0 aromatic carbocycles. The van der Waals surface area contributed by atoms with Crippen LogP contribution in [0.4, 0.5) is 0 Å². The Morgan fingerprint density at radius 3 is 2.50 bits per heavy atom. The first-order valence-corrected chi connectivity index (χ1v) is 6.03. The molecule has 1 aliphatic heterocycles. The van der Waals surface area contributed by atoms with Gasteiger partial charge in [-0.1, -0.05) is 0 Å². The van der Waals surface area contributed by atoms with E-state index in [1.807, 2.05) is 19.0 Å². The van der Waals surface area contributed by atoms with Crippen LogP contribution in [0.1, 0.15) is 20.3 Å². The second-order valence-corrected chi connectivity index (χ2v) is 5.34. The lowest BCUT2D eigenvalue weighted by Gasteiger charge is -2.24. The largest absolute Gasteiger partial charge is 0.481 e. The predicted octanol–water partition coefficient (Wildman–Crippen LogP) is 0.979. The molecule has 1 rings (SSSR count). The minimum atomic E-state index is -0.649. The van der Waals surface area contributed by atoms with Gasteiger partial charge in [-0.2, -0.15) is 0 Å². The lowest BCUT2D eigenvalue weighted by Crippen LogP contribution is -2.36. The topological polar surface area (TPSA) is 43.8 Å². The molecular weight excluding hydrogens is 204 g/mol. The summed E-state index contributed by atoms with van der Waals surface area (Å²) >= 11 is 0. The molecule has 1 saturated heterocycles. The summed E-state index contributed by atoms with van der Waals surface area (Å²) < 4.78 is 0. The summed E-state index contributed by atoms with van der Waals surface area (Å²) in [6.07, 6.45) is 1.02. The smallest absolute Gasteiger partial charge is 0.308 e. The zero-order chi connectivity index (χ0) is 12.3. The van der Waals surface area contributed by atoms with Gasteiger partial charge in [-0.15, -0.1) is 0 Å². The van der Waals surface area contributed by atoms with E-state index in [0.717, 1.165) is 19.5 Å². The van der Waals surface area contributed by atoms with Gasteiger partial charge < -0.3 is 14.9 Å². The van der Waals surface area contributed by atoms with Crippen LogP contribution >= 0.6 is 0 Å². The fraction of sp³-hybridized carbons (Fsp3) is 0.917. The SMILES string of the molecule is CC(C)N1CCC(C(CN(C)C)C(=O)O)C1. The summed E-state index contributed by atoms with van der Waals surface area (Å²) in [6.45, 7) is 6.96. The molecule has 0 aromatic rings. The second kappa shape index (κ2) is 5.64. The van der Waals surface area contributed by atoms with Crippen molar-refractivity contribution in [1.82, 2.24) is 9.80 Å². The molecule has 2 unspecified atom stereocenters. The summed E-state index contributed by atoms with van der Waals surface area (Å²) in [5, 5.41) is 9.26. The Bertz CT molecular complexity index is 241. The number of carboxylic acid groups (broad SMARTS) is 1. The van der Waals surface area contributed by atoms with Crippen LogP contribution in [0.5, 0.6) is 0 Å². The van der Waals surface area contributed by atoms with E-state index >= 15 is 0 Å². The van der Waals surface area contributed by atoms with Crippen LogP contribution in [0, 0.1) is 11.8 Å². The van der Waals surface area contributed by atoms with Crippen LogP contribution in [-0.4, -0.2) is 60.6 Å². The highest BCUT2D eigenvalue weighted by atomic mass is 16.4. The number of carbonyl (C=O) groups is 1. The van der Waals surface area contributed by atoms with Gasteiger partial charge in [-0.3, -0.25) is 4.79 Å². The van der Waals surface area contributed by atoms with E-state index < -0.39 is 5.97 Å². The third-order valence-corrected chi connectivity index (χ3v) is 3.43. The van der Waals surface area contributed by atoms with Crippen molar-refractivity contribution in [2.45, 2.75) is 26.3 Å². The van der Waals surface area contributed by atoms with Crippen LogP contribution in [0.3, 0.4) is 0 Å². The fourth-order valence-corrected chi connectivity index (χ4v) is 2.44. The summed E-state index contributed by atoms with van der Waals surface area (Å²) in [5.41, 5.74) is 0. The lowest BCUT2D eigenvalue weighted by molar-refractivity contribution is -0.144. The molecule has 0 spiro atoms. The molecule has 0 aromatic heterocycles. The number of carboxylic acids is 1. The van der Waals surface area contributed by atoms with Crippen molar-refractivity contribution in [3.63, 3.8) is 0 Å². The van der Waals surface area contributed by atoms with Gasteiger partial charge in [-0.05, 0) is 46.8 Å². The van der Waals surface area contributed by atoms with Gasteiger partial charge in [0.25, 0.3) is 0 Å². The number of rotatable bonds is 5. The van der Waals surface area contributed by atoms with Gasteiger partial charge in [0.05, 0.1) is 5.92 Å². The van der Waals surface area contributed by atoms with Gasteiger partial charge in [0.15, 0.2) is 0 Å². The molecule has 1 fully saturated rings. The fourth-order valence-electron chi connectivity index (χ4n) is 2.44. The first-order valence-electron chi connectivity index (χ1n) is 6.03. The summed E-state index contributed by atoms with van der Waals surface area (Å²) in [6, 6.07) is 0.527. The molecule has 2 atom stereocenters. The molecule has 0 bridgehead atoms. The van der Waals surface area contributed by atoms with Gasteiger partial charge in [0.2, 0.25) is 0 Å². The monoisotopic (exact) mass is 228 g/mol. The zero-order valence-electron chi connectivity index (χ0n) is 10.8. The van der Waals surface area contributed by atoms with Gasteiger partial charge in [0.1, 0.15) is 0 Å². The molecule has 16 heavy (non-hydrogen) atoms. The van der Waals surface area contributed by atoms with Crippen molar-refractivity contribution in [1.29, 1.82) is 0 Å². The molecule has 4 nitrogen and oxygen atoms in total. The highest BCUT2D eigenvalue weighted by molar-refractivity contribution is 5.70. The van der Waals surface area contributed by atoms with Crippen LogP contribution in [0.2, 0.25) is 0 Å². The van der Waals surface area contributed by atoms with E-state index in [0.29, 0.717) is 18.5 Å². The number of hydrogen-bond acceptors (Lipinski definition) is 3. The highest BCUT2D eigenvalue weighted by Gasteiger charge is 2.34. The van der Waals surface area contributed by atoms with Gasteiger partial charge in [0, 0.05) is 19.1 Å². The standard InChI is InChI=1S/C12H24N2O2/c1-9(2)14-6-5-10(7-14)11(12(15)16)8-13(3)4/h9-11H,5-8H2,1-4H3,(H,15,16). The van der Waals surface area contributed by atoms with Crippen molar-refractivity contribution in [2.24, 2.45) is 11.8 Å². The summed E-state index contributed by atoms with van der Waals surface area (Å²) in [7, 11) is 3.87. The minimum absolute atomic E-state index is 0.223. The zero-order valence-corrected chi connectivity index (χ0v) is 10.8. The first kappa shape index (κ1) is 13.5. The minimum Gasteiger partial charge on any atom is -0.481 e. The molecule has 0 saturated carbocycles. The van der Waals surface area contributed by atoms with Crippen molar-refractivity contribution in [3.05, 3.63) is 0 Å². The number of likely N-dealkylation sites (tertiary alicyclic amines) is 1. The molecular formula is C12H24N2O2. The van der Waals surface area contributed by atoms with Gasteiger partial charge >= 0.3 is 5.97 Å². The Morgan fingerprint density at radius 1 is 1.50 bits per heavy atom. The maximum atomic E-state index is 11.3. The van der Waals surface area contributed by atoms with Crippen molar-refractivity contribution < 1.29 is 9.90 Å².